The van der Waals surface area contributed by atoms with E-state index in [0.29, 0.717) is 15.6 Å². The minimum atomic E-state index is -0.464. The fourth-order valence-electron chi connectivity index (χ4n) is 1.50. The number of hydrazone groups is 1. The topological polar surface area (TPSA) is 61.7 Å². The van der Waals surface area contributed by atoms with Crippen LogP contribution < -0.4 is 5.43 Å². The maximum absolute atomic E-state index is 11.9. The Morgan fingerprint density at radius 3 is 2.75 bits per heavy atom. The van der Waals surface area contributed by atoms with Gasteiger partial charge in [-0.1, -0.05) is 35.3 Å². The summed E-state index contributed by atoms with van der Waals surface area (Å²) in [5, 5.41) is 13.8. The van der Waals surface area contributed by atoms with Crippen molar-refractivity contribution < 1.29 is 9.90 Å². The molecule has 2 aromatic carbocycles. The number of nitrogens with zero attached hydrogens (tertiary/aromatic N) is 1. The fraction of sp³-hybridized carbons (Fsp3) is 0. The summed E-state index contributed by atoms with van der Waals surface area (Å²) < 4.78 is 0. The average molecular weight is 309 g/mol. The van der Waals surface area contributed by atoms with Gasteiger partial charge in [0.1, 0.15) is 5.75 Å². The first-order valence-electron chi connectivity index (χ1n) is 5.64. The van der Waals surface area contributed by atoms with Crippen LogP contribution in [0.1, 0.15) is 15.9 Å². The molecule has 0 aliphatic heterocycles. The van der Waals surface area contributed by atoms with Gasteiger partial charge in [0.15, 0.2) is 0 Å². The van der Waals surface area contributed by atoms with Crippen molar-refractivity contribution in [3.8, 4) is 5.75 Å². The Kier molecular flexibility index (Phi) is 4.61. The van der Waals surface area contributed by atoms with Gasteiger partial charge in [-0.25, -0.2) is 5.43 Å². The molecular weight excluding hydrogens is 299 g/mol. The number of hydrogen-bond acceptors (Lipinski definition) is 3. The molecule has 0 unspecified atom stereocenters. The summed E-state index contributed by atoms with van der Waals surface area (Å²) >= 11 is 11.7. The molecule has 20 heavy (non-hydrogen) atoms. The SMILES string of the molecule is O=C(N/N=C\c1cccc(O)c1)c1cc(Cl)ccc1Cl. The van der Waals surface area contributed by atoms with Crippen LogP contribution in [0, 0.1) is 0 Å². The molecular formula is C14H10Cl2N2O2. The highest BCUT2D eigenvalue weighted by molar-refractivity contribution is 6.35. The molecule has 0 bridgehead atoms. The monoisotopic (exact) mass is 308 g/mol. The van der Waals surface area contributed by atoms with Gasteiger partial charge in [0.25, 0.3) is 5.91 Å². The van der Waals surface area contributed by atoms with Crippen LogP contribution in [0.3, 0.4) is 0 Å². The Balaban J connectivity index is 2.07. The van der Waals surface area contributed by atoms with Crippen LogP contribution in [0.25, 0.3) is 0 Å². The number of rotatable bonds is 3. The molecule has 2 N–H and O–H groups in total. The lowest BCUT2D eigenvalue weighted by Gasteiger charge is -2.03. The number of nitrogens with one attached hydrogen (secondary N) is 1. The van der Waals surface area contributed by atoms with E-state index in [0.717, 1.165) is 0 Å². The molecule has 0 fully saturated rings. The Bertz CT molecular complexity index is 672. The second kappa shape index (κ2) is 6.41. The molecule has 2 aromatic rings. The highest BCUT2D eigenvalue weighted by Gasteiger charge is 2.09. The molecule has 0 saturated carbocycles. The summed E-state index contributed by atoms with van der Waals surface area (Å²) in [6, 6.07) is 11.1. The van der Waals surface area contributed by atoms with Gasteiger partial charge in [0.2, 0.25) is 0 Å². The van der Waals surface area contributed by atoms with E-state index in [1.165, 1.54) is 24.4 Å². The second-order valence-electron chi connectivity index (χ2n) is 3.92. The number of carbonyl (C=O) groups excluding carboxylic acids is 1. The normalized spacial score (nSPS) is 10.7. The zero-order chi connectivity index (χ0) is 14.5. The highest BCUT2D eigenvalue weighted by atomic mass is 35.5. The van der Waals surface area contributed by atoms with Gasteiger partial charge in [-0.15, -0.1) is 0 Å². The molecule has 1 amide bonds. The zero-order valence-electron chi connectivity index (χ0n) is 10.2. The Morgan fingerprint density at radius 2 is 2.00 bits per heavy atom. The van der Waals surface area contributed by atoms with E-state index < -0.39 is 5.91 Å². The van der Waals surface area contributed by atoms with Crippen LogP contribution in [0.2, 0.25) is 10.0 Å². The number of carbonyl (C=O) groups is 1. The average Bonchev–Trinajstić information content (AvgIpc) is 2.41. The Morgan fingerprint density at radius 1 is 1.20 bits per heavy atom. The van der Waals surface area contributed by atoms with Gasteiger partial charge >= 0.3 is 0 Å². The first kappa shape index (κ1) is 14.4. The predicted octanol–water partition coefficient (Wildman–Crippen LogP) is 3.46. The third kappa shape index (κ3) is 3.73. The van der Waals surface area contributed by atoms with Crippen LogP contribution in [0.5, 0.6) is 5.75 Å². The summed E-state index contributed by atoms with van der Waals surface area (Å²) in [7, 11) is 0. The number of aromatic hydroxyl groups is 1. The molecule has 0 radical (unpaired) electrons. The van der Waals surface area contributed by atoms with E-state index in [9.17, 15) is 9.90 Å². The van der Waals surface area contributed by atoms with Gasteiger partial charge in [0, 0.05) is 5.02 Å². The smallest absolute Gasteiger partial charge is 0.272 e. The van der Waals surface area contributed by atoms with Crippen molar-refractivity contribution in [1.29, 1.82) is 0 Å². The van der Waals surface area contributed by atoms with E-state index in [1.807, 2.05) is 0 Å². The molecule has 6 heteroatoms. The van der Waals surface area contributed by atoms with Crippen molar-refractivity contribution in [3.05, 3.63) is 63.6 Å². The highest BCUT2D eigenvalue weighted by Crippen LogP contribution is 2.20. The number of amides is 1. The van der Waals surface area contributed by atoms with Crippen LogP contribution in [-0.2, 0) is 0 Å². The van der Waals surface area contributed by atoms with Crippen molar-refractivity contribution in [2.75, 3.05) is 0 Å². The molecule has 0 saturated heterocycles. The van der Waals surface area contributed by atoms with E-state index in [1.54, 1.807) is 24.3 Å². The molecule has 0 aliphatic rings. The van der Waals surface area contributed by atoms with Crippen LogP contribution in [0.15, 0.2) is 47.6 Å². The third-order valence-corrected chi connectivity index (χ3v) is 2.99. The van der Waals surface area contributed by atoms with Gasteiger partial charge in [-0.05, 0) is 35.9 Å². The summed E-state index contributed by atoms with van der Waals surface area (Å²) in [4.78, 5) is 11.9. The summed E-state index contributed by atoms with van der Waals surface area (Å²) in [6.45, 7) is 0. The van der Waals surface area contributed by atoms with Crippen molar-refractivity contribution in [2.45, 2.75) is 0 Å². The van der Waals surface area contributed by atoms with Gasteiger partial charge in [0.05, 0.1) is 16.8 Å². The number of halogens is 2. The van der Waals surface area contributed by atoms with Gasteiger partial charge in [-0.2, -0.15) is 5.10 Å². The Hall–Kier alpha value is -2.04. The van der Waals surface area contributed by atoms with E-state index in [2.05, 4.69) is 10.5 Å². The molecule has 4 nitrogen and oxygen atoms in total. The first-order valence-corrected chi connectivity index (χ1v) is 6.39. The minimum Gasteiger partial charge on any atom is -0.508 e. The van der Waals surface area contributed by atoms with E-state index >= 15 is 0 Å². The van der Waals surface area contributed by atoms with E-state index in [4.69, 9.17) is 23.2 Å². The summed E-state index contributed by atoms with van der Waals surface area (Å²) in [6.07, 6.45) is 1.41. The third-order valence-electron chi connectivity index (χ3n) is 2.42. The maximum atomic E-state index is 11.9. The number of benzene rings is 2. The van der Waals surface area contributed by atoms with Gasteiger partial charge < -0.3 is 5.11 Å². The standard InChI is InChI=1S/C14H10Cl2N2O2/c15-10-4-5-13(16)12(7-10)14(20)18-17-8-9-2-1-3-11(19)6-9/h1-8,19H,(H,18,20)/b17-8-. The predicted molar refractivity (Wildman–Crippen MR) is 79.6 cm³/mol. The molecule has 0 aromatic heterocycles. The van der Waals surface area contributed by atoms with Crippen molar-refractivity contribution in [3.63, 3.8) is 0 Å². The van der Waals surface area contributed by atoms with E-state index in [-0.39, 0.29) is 11.3 Å². The second-order valence-corrected chi connectivity index (χ2v) is 4.76. The number of phenolic OH excluding ortho intramolecular Hbond substituents is 1. The lowest BCUT2D eigenvalue weighted by atomic mass is 10.2. The Labute approximate surface area is 125 Å². The molecule has 0 aliphatic carbocycles. The largest absolute Gasteiger partial charge is 0.508 e. The molecule has 102 valence electrons. The number of hydrogen-bond donors (Lipinski definition) is 2. The quantitative estimate of drug-likeness (QED) is 0.674. The zero-order valence-corrected chi connectivity index (χ0v) is 11.7. The molecule has 2 rings (SSSR count). The van der Waals surface area contributed by atoms with Gasteiger partial charge in [-0.3, -0.25) is 4.79 Å². The minimum absolute atomic E-state index is 0.123. The van der Waals surface area contributed by atoms with Crippen molar-refractivity contribution in [1.82, 2.24) is 5.43 Å². The lowest BCUT2D eigenvalue weighted by Crippen LogP contribution is -2.18. The summed E-state index contributed by atoms with van der Waals surface area (Å²) in [5.41, 5.74) is 3.24. The van der Waals surface area contributed by atoms with Crippen LogP contribution in [-0.4, -0.2) is 17.2 Å². The number of phenols is 1. The van der Waals surface area contributed by atoms with Crippen LogP contribution >= 0.6 is 23.2 Å². The lowest BCUT2D eigenvalue weighted by molar-refractivity contribution is 0.0955. The molecule has 0 atom stereocenters. The molecule has 0 spiro atoms. The summed E-state index contributed by atoms with van der Waals surface area (Å²) in [5.74, 6) is -0.341. The maximum Gasteiger partial charge on any atom is 0.272 e. The van der Waals surface area contributed by atoms with Crippen molar-refractivity contribution in [2.24, 2.45) is 5.10 Å². The molecule has 0 heterocycles. The first-order chi connectivity index (χ1) is 9.56. The van der Waals surface area contributed by atoms with Crippen molar-refractivity contribution >= 4 is 35.3 Å². The van der Waals surface area contributed by atoms with Crippen LogP contribution in [0.4, 0.5) is 0 Å². The fourth-order valence-corrected chi connectivity index (χ4v) is 1.88.